The molecule has 12 heteroatoms. The first-order valence-corrected chi connectivity index (χ1v) is 19.1. The number of H-pyrrole nitrogens is 1. The van der Waals surface area contributed by atoms with Crippen molar-refractivity contribution < 1.29 is 28.7 Å². The van der Waals surface area contributed by atoms with E-state index in [2.05, 4.69) is 58.8 Å². The van der Waals surface area contributed by atoms with Crippen LogP contribution in [0.4, 0.5) is 10.5 Å². The van der Waals surface area contributed by atoms with E-state index < -0.39 is 18.1 Å². The lowest BCUT2D eigenvalue weighted by Gasteiger charge is -2.31. The maximum atomic E-state index is 14.0. The Morgan fingerprint density at radius 1 is 0.945 bits per heavy atom. The highest BCUT2D eigenvalue weighted by molar-refractivity contribution is 6.04. The van der Waals surface area contributed by atoms with E-state index in [4.69, 9.17) is 19.5 Å². The molecular formula is C43H46N6O6. The first-order chi connectivity index (χ1) is 26.6. The Hall–Kier alpha value is -5.78. The first-order valence-electron chi connectivity index (χ1n) is 19.1. The number of para-hydroxylation sites is 1. The van der Waals surface area contributed by atoms with Gasteiger partial charge in [0.1, 0.15) is 11.9 Å². The number of fused-ring (bicyclic) bond motifs is 1. The van der Waals surface area contributed by atoms with Crippen molar-refractivity contribution in [3.8, 4) is 11.1 Å². The number of likely N-dealkylation sites (tertiary alicyclic amines) is 1. The Balaban J connectivity index is 0.969. The molecule has 3 amide bonds. The highest BCUT2D eigenvalue weighted by Gasteiger charge is 2.43. The van der Waals surface area contributed by atoms with Crippen LogP contribution in [0.3, 0.4) is 0 Å². The zero-order valence-electron chi connectivity index (χ0n) is 31.6. The minimum Gasteiger partial charge on any atom is -0.469 e. The predicted octanol–water partition coefficient (Wildman–Crippen LogP) is 6.54. The molecule has 0 aliphatic carbocycles. The van der Waals surface area contributed by atoms with E-state index in [0.29, 0.717) is 25.8 Å². The van der Waals surface area contributed by atoms with Crippen LogP contribution >= 0.6 is 0 Å². The van der Waals surface area contributed by atoms with Crippen molar-refractivity contribution in [1.29, 1.82) is 0 Å². The number of aryl methyl sites for hydroxylation is 1. The number of benzene rings is 3. The second-order valence-corrected chi connectivity index (χ2v) is 15.3. The molecule has 4 aromatic rings. The maximum Gasteiger partial charge on any atom is 0.407 e. The van der Waals surface area contributed by atoms with Crippen molar-refractivity contribution in [1.82, 2.24) is 20.2 Å². The quantitative estimate of drug-likeness (QED) is 0.185. The summed E-state index contributed by atoms with van der Waals surface area (Å²) in [6.07, 6.45) is 5.71. The molecular weight excluding hydrogens is 697 g/mol. The molecule has 1 fully saturated rings. The van der Waals surface area contributed by atoms with Crippen LogP contribution in [0.25, 0.3) is 27.7 Å². The Morgan fingerprint density at radius 2 is 1.71 bits per heavy atom. The monoisotopic (exact) mass is 742 g/mol. The smallest absolute Gasteiger partial charge is 0.407 e. The Bertz CT molecular complexity index is 2240. The standard InChI is InChI=1S/C43H46N6O6/c1-24(2)38(47-43(53)55-4)42(52)48-18-6-9-35(48)34-20-31(23-44-34)26-12-10-25(11-13-26)28-16-17-32-33(19-28)46-40(45-32)36-21-29-8-5-7-27-14-15-30(22-37(50)54-3)41(51)49(36)39(27)29/h5,7-8,10-13,16-17,19,23-24,30,35-36,38H,6,9,14-15,18,20-22H2,1-4H3,(H,45,46)(H,47,53)/t30-,35+,36+,38+/m1/s1. The largest absolute Gasteiger partial charge is 0.469 e. The Morgan fingerprint density at radius 3 is 2.47 bits per heavy atom. The van der Waals surface area contributed by atoms with Gasteiger partial charge in [0.25, 0.3) is 0 Å². The molecule has 0 bridgehead atoms. The van der Waals surface area contributed by atoms with E-state index in [-0.39, 0.29) is 42.2 Å². The number of allylic oxidation sites excluding steroid dienone is 1. The number of methoxy groups -OCH3 is 2. The minimum atomic E-state index is -0.666. The van der Waals surface area contributed by atoms with E-state index >= 15 is 0 Å². The summed E-state index contributed by atoms with van der Waals surface area (Å²) in [5.74, 6) is -0.356. The van der Waals surface area contributed by atoms with Crippen molar-refractivity contribution >= 4 is 51.9 Å². The number of aromatic nitrogens is 2. The molecule has 12 nitrogen and oxygen atoms in total. The van der Waals surface area contributed by atoms with Crippen LogP contribution in [0.1, 0.15) is 74.5 Å². The number of rotatable bonds is 9. The molecule has 4 aliphatic heterocycles. The number of amides is 3. The van der Waals surface area contributed by atoms with Gasteiger partial charge in [0, 0.05) is 37.2 Å². The third-order valence-electron chi connectivity index (χ3n) is 11.6. The van der Waals surface area contributed by atoms with Crippen LogP contribution in [-0.4, -0.2) is 77.3 Å². The normalized spacial score (nSPS) is 21.0. The molecule has 5 heterocycles. The molecule has 284 valence electrons. The highest BCUT2D eigenvalue weighted by Crippen LogP contribution is 2.46. The molecule has 1 aromatic heterocycles. The number of carbonyl (C=O) groups is 4. The number of imidazole rings is 1. The Kier molecular flexibility index (Phi) is 9.75. The number of carbonyl (C=O) groups excluding carboxylic acids is 4. The zero-order valence-corrected chi connectivity index (χ0v) is 31.6. The third-order valence-corrected chi connectivity index (χ3v) is 11.6. The maximum absolute atomic E-state index is 14.0. The summed E-state index contributed by atoms with van der Waals surface area (Å²) >= 11 is 0. The molecule has 55 heavy (non-hydrogen) atoms. The molecule has 0 unspecified atom stereocenters. The van der Waals surface area contributed by atoms with E-state index in [1.165, 1.54) is 14.2 Å². The van der Waals surface area contributed by atoms with E-state index in [1.54, 1.807) is 0 Å². The fourth-order valence-corrected chi connectivity index (χ4v) is 8.71. The lowest BCUT2D eigenvalue weighted by Crippen LogP contribution is -2.53. The average Bonchev–Trinajstić information content (AvgIpc) is 4.01. The summed E-state index contributed by atoms with van der Waals surface area (Å²) < 4.78 is 9.70. The molecule has 1 saturated heterocycles. The van der Waals surface area contributed by atoms with Gasteiger partial charge in [-0.2, -0.15) is 0 Å². The van der Waals surface area contributed by atoms with Crippen LogP contribution in [0.5, 0.6) is 0 Å². The molecule has 3 aromatic carbocycles. The van der Waals surface area contributed by atoms with Gasteiger partial charge in [0.05, 0.1) is 49.4 Å². The van der Waals surface area contributed by atoms with Gasteiger partial charge >= 0.3 is 12.1 Å². The van der Waals surface area contributed by atoms with E-state index in [9.17, 15) is 19.2 Å². The molecule has 0 radical (unpaired) electrons. The number of hydrogen-bond donors (Lipinski definition) is 2. The molecule has 8 rings (SSSR count). The second-order valence-electron chi connectivity index (χ2n) is 15.3. The van der Waals surface area contributed by atoms with Gasteiger partial charge < -0.3 is 29.6 Å². The number of ether oxygens (including phenoxy) is 2. The Labute approximate surface area is 320 Å². The fourth-order valence-electron chi connectivity index (χ4n) is 8.71. The zero-order chi connectivity index (χ0) is 38.4. The predicted molar refractivity (Wildman–Crippen MR) is 209 cm³/mol. The SMILES string of the molecule is COC(=O)C[C@H]1CCc2cccc3c2N(C1=O)[C@H](c1nc2ccc(-c4ccc(C5=CN=C([C@@H]6CCCN6C(=O)[C@@H](NC(=O)OC)C(C)C)C5)cc4)cc2[nH]1)C3. The molecule has 0 spiro atoms. The summed E-state index contributed by atoms with van der Waals surface area (Å²) in [6.45, 7) is 4.46. The molecule has 4 aliphatic rings. The van der Waals surface area contributed by atoms with Crippen LogP contribution in [0, 0.1) is 11.8 Å². The summed E-state index contributed by atoms with van der Waals surface area (Å²) in [7, 11) is 2.66. The summed E-state index contributed by atoms with van der Waals surface area (Å²) in [4.78, 5) is 68.9. The fraction of sp³-hybridized carbons (Fsp3) is 0.395. The first kappa shape index (κ1) is 36.2. The number of anilines is 1. The topological polar surface area (TPSA) is 146 Å². The van der Waals surface area contributed by atoms with Crippen LogP contribution in [0.15, 0.2) is 71.9 Å². The van der Waals surface area contributed by atoms with Crippen LogP contribution in [-0.2, 0) is 36.7 Å². The number of aliphatic imine (C=N–C) groups is 1. The van der Waals surface area contributed by atoms with E-state index in [1.807, 2.05) is 42.0 Å². The van der Waals surface area contributed by atoms with Gasteiger partial charge in [-0.15, -0.1) is 0 Å². The van der Waals surface area contributed by atoms with Crippen LogP contribution < -0.4 is 10.2 Å². The average molecular weight is 743 g/mol. The van der Waals surface area contributed by atoms with Crippen molar-refractivity contribution in [2.75, 3.05) is 25.7 Å². The molecule has 2 N–H and O–H groups in total. The van der Waals surface area contributed by atoms with Crippen molar-refractivity contribution in [2.45, 2.75) is 76.9 Å². The number of aromatic amines is 1. The van der Waals surface area contributed by atoms with Gasteiger partial charge in [-0.05, 0) is 77.1 Å². The number of esters is 1. The van der Waals surface area contributed by atoms with Gasteiger partial charge in [-0.25, -0.2) is 9.78 Å². The second kappa shape index (κ2) is 14.8. The highest BCUT2D eigenvalue weighted by atomic mass is 16.5. The van der Waals surface area contributed by atoms with Crippen molar-refractivity contribution in [3.05, 3.63) is 89.4 Å². The summed E-state index contributed by atoms with van der Waals surface area (Å²) in [6, 6.07) is 19.7. The summed E-state index contributed by atoms with van der Waals surface area (Å²) in [5.41, 5.74) is 10.1. The van der Waals surface area contributed by atoms with Gasteiger partial charge in [0.2, 0.25) is 11.8 Å². The number of alkyl carbamates (subject to hydrolysis) is 1. The van der Waals surface area contributed by atoms with E-state index in [0.717, 1.165) is 80.9 Å². The van der Waals surface area contributed by atoms with Gasteiger partial charge in [0.15, 0.2) is 0 Å². The van der Waals surface area contributed by atoms with Crippen molar-refractivity contribution in [3.63, 3.8) is 0 Å². The molecule has 4 atom stereocenters. The van der Waals surface area contributed by atoms with Gasteiger partial charge in [-0.3, -0.25) is 19.4 Å². The van der Waals surface area contributed by atoms with Crippen molar-refractivity contribution in [2.24, 2.45) is 16.8 Å². The molecule has 0 saturated carbocycles. The van der Waals surface area contributed by atoms with Gasteiger partial charge in [-0.1, -0.05) is 62.4 Å². The number of nitrogens with one attached hydrogen (secondary N) is 2. The minimum absolute atomic E-state index is 0.0583. The number of nitrogens with zero attached hydrogens (tertiary/aromatic N) is 4. The summed E-state index contributed by atoms with van der Waals surface area (Å²) in [5, 5.41) is 2.72. The third kappa shape index (κ3) is 6.78. The number of hydrogen-bond acceptors (Lipinski definition) is 8. The lowest BCUT2D eigenvalue weighted by molar-refractivity contribution is -0.144. The van der Waals surface area contributed by atoms with Crippen LogP contribution in [0.2, 0.25) is 0 Å². The lowest BCUT2D eigenvalue weighted by atomic mass is 9.95.